The zero-order valence-electron chi connectivity index (χ0n) is 23.4. The van der Waals surface area contributed by atoms with Crippen LogP contribution in [0.3, 0.4) is 0 Å². The second kappa shape index (κ2) is 7.56. The van der Waals surface area contributed by atoms with E-state index in [1.54, 1.807) is 0 Å². The Labute approximate surface area is 220 Å². The van der Waals surface area contributed by atoms with Crippen LogP contribution in [0.4, 0.5) is 0 Å². The highest BCUT2D eigenvalue weighted by atomic mass is 32.1. The Morgan fingerprint density at radius 2 is 1.06 bits per heavy atom. The highest BCUT2D eigenvalue weighted by molar-refractivity contribution is 7.17. The smallest absolute Gasteiger partial charge is 0.0658 e. The zero-order chi connectivity index (χ0) is 25.8. The van der Waals surface area contributed by atoms with E-state index in [2.05, 4.69) is 105 Å². The third-order valence-corrected chi connectivity index (χ3v) is 11.0. The summed E-state index contributed by atoms with van der Waals surface area (Å²) < 4.78 is 1.37. The van der Waals surface area contributed by atoms with Gasteiger partial charge in [0.25, 0.3) is 0 Å². The molecule has 0 radical (unpaired) electrons. The molecular formula is C35H36S. The molecule has 0 saturated carbocycles. The van der Waals surface area contributed by atoms with Crippen LogP contribution in [0, 0.1) is 55.4 Å². The van der Waals surface area contributed by atoms with Crippen LogP contribution in [0.15, 0.2) is 29.7 Å². The van der Waals surface area contributed by atoms with E-state index in [4.69, 9.17) is 0 Å². The summed E-state index contributed by atoms with van der Waals surface area (Å²) in [6.45, 7) is 23.4. The van der Waals surface area contributed by atoms with Gasteiger partial charge in [0.2, 0.25) is 0 Å². The zero-order valence-corrected chi connectivity index (χ0v) is 24.2. The van der Waals surface area contributed by atoms with Gasteiger partial charge in [0, 0.05) is 4.70 Å². The van der Waals surface area contributed by atoms with Gasteiger partial charge in [-0.3, -0.25) is 0 Å². The summed E-state index contributed by atoms with van der Waals surface area (Å²) in [5.74, 6) is 0. The summed E-state index contributed by atoms with van der Waals surface area (Å²) in [6, 6.07) is 7.11. The molecule has 1 spiro atoms. The van der Waals surface area contributed by atoms with Crippen molar-refractivity contribution in [2.24, 2.45) is 0 Å². The second-order valence-electron chi connectivity index (χ2n) is 11.3. The maximum atomic E-state index is 2.56. The van der Waals surface area contributed by atoms with Crippen LogP contribution >= 0.6 is 11.3 Å². The Kier molecular flexibility index (Phi) is 4.93. The second-order valence-corrected chi connectivity index (χ2v) is 12.2. The highest BCUT2D eigenvalue weighted by Gasteiger charge is 2.47. The minimum atomic E-state index is -0.310. The molecule has 1 heteroatoms. The summed E-state index contributed by atoms with van der Waals surface area (Å²) >= 11 is 1.84. The molecule has 36 heavy (non-hydrogen) atoms. The molecule has 3 aromatic carbocycles. The molecule has 4 aromatic rings. The third-order valence-electron chi connectivity index (χ3n) is 10.1. The molecule has 2 aliphatic rings. The lowest BCUT2D eigenvalue weighted by molar-refractivity contribution is 0.767. The molecule has 6 rings (SSSR count). The molecule has 1 aromatic heterocycles. The minimum absolute atomic E-state index is 0.310. The van der Waals surface area contributed by atoms with E-state index in [1.165, 1.54) is 99.1 Å². The molecule has 0 atom stereocenters. The van der Waals surface area contributed by atoms with Gasteiger partial charge in [-0.05, 0) is 181 Å². The average molecular weight is 489 g/mol. The maximum Gasteiger partial charge on any atom is 0.0658 e. The van der Waals surface area contributed by atoms with Gasteiger partial charge in [0.05, 0.1) is 5.41 Å². The lowest BCUT2D eigenvalue weighted by Gasteiger charge is -2.38. The van der Waals surface area contributed by atoms with Crippen molar-refractivity contribution in [3.05, 3.63) is 108 Å². The summed E-state index contributed by atoms with van der Waals surface area (Å²) in [5.41, 5.74) is 22.7. The van der Waals surface area contributed by atoms with Crippen molar-refractivity contribution in [3.8, 4) is 0 Å². The van der Waals surface area contributed by atoms with Gasteiger partial charge < -0.3 is 0 Å². The van der Waals surface area contributed by atoms with Gasteiger partial charge in [-0.1, -0.05) is 18.2 Å². The van der Waals surface area contributed by atoms with Crippen LogP contribution < -0.4 is 0 Å². The predicted molar refractivity (Wildman–Crippen MR) is 160 cm³/mol. The van der Waals surface area contributed by atoms with Gasteiger partial charge in [-0.2, -0.15) is 0 Å². The van der Waals surface area contributed by atoms with Crippen molar-refractivity contribution in [2.75, 3.05) is 0 Å². The Morgan fingerprint density at radius 1 is 0.556 bits per heavy atom. The number of fused-ring (bicyclic) bond motifs is 8. The molecule has 0 fully saturated rings. The largest absolute Gasteiger partial charge is 0.144 e. The van der Waals surface area contributed by atoms with E-state index in [0.717, 1.165) is 0 Å². The van der Waals surface area contributed by atoms with Crippen LogP contribution in [0.5, 0.6) is 0 Å². The van der Waals surface area contributed by atoms with E-state index in [1.807, 2.05) is 11.3 Å². The molecule has 0 amide bonds. The van der Waals surface area contributed by atoms with Crippen LogP contribution in [0.25, 0.3) is 27.3 Å². The lowest BCUT2D eigenvalue weighted by Crippen LogP contribution is -2.31. The fourth-order valence-electron chi connectivity index (χ4n) is 7.37. The lowest BCUT2D eigenvalue weighted by atomic mass is 9.63. The molecule has 2 aliphatic carbocycles. The van der Waals surface area contributed by atoms with E-state index in [9.17, 15) is 0 Å². The summed E-state index contributed by atoms with van der Waals surface area (Å²) in [7, 11) is 0. The fraction of sp³-hybridized carbons (Fsp3) is 0.314. The first-order chi connectivity index (χ1) is 17.0. The Balaban J connectivity index is 1.95. The first-order valence-electron chi connectivity index (χ1n) is 13.1. The SMILES string of the molecule is CC1=C(C)c2c(C)c(C)c(C)c(C)c2C2(C=Cc3c2ccc2sccc32)c2c(C)c(C)c(C)c(C)c21. The molecular weight excluding hydrogens is 452 g/mol. The van der Waals surface area contributed by atoms with E-state index >= 15 is 0 Å². The van der Waals surface area contributed by atoms with Crippen LogP contribution in [-0.4, -0.2) is 0 Å². The van der Waals surface area contributed by atoms with E-state index < -0.39 is 0 Å². The van der Waals surface area contributed by atoms with Gasteiger partial charge >= 0.3 is 0 Å². The Morgan fingerprint density at radius 3 is 1.58 bits per heavy atom. The molecule has 0 saturated heterocycles. The Hall–Kier alpha value is -2.90. The van der Waals surface area contributed by atoms with Crippen molar-refractivity contribution >= 4 is 38.6 Å². The van der Waals surface area contributed by atoms with Gasteiger partial charge in [-0.15, -0.1) is 11.3 Å². The number of hydrogen-bond donors (Lipinski definition) is 0. The predicted octanol–water partition coefficient (Wildman–Crippen LogP) is 9.99. The minimum Gasteiger partial charge on any atom is -0.144 e. The first kappa shape index (κ1) is 23.5. The van der Waals surface area contributed by atoms with Crippen molar-refractivity contribution < 1.29 is 0 Å². The van der Waals surface area contributed by atoms with E-state index in [-0.39, 0.29) is 5.41 Å². The number of allylic oxidation sites excluding steroid dienone is 3. The molecule has 0 bridgehead atoms. The number of hydrogen-bond acceptors (Lipinski definition) is 1. The van der Waals surface area contributed by atoms with Crippen LogP contribution in [0.1, 0.15) is 91.7 Å². The van der Waals surface area contributed by atoms with Crippen LogP contribution in [-0.2, 0) is 5.41 Å². The quantitative estimate of drug-likeness (QED) is 0.231. The number of rotatable bonds is 0. The normalized spacial score (nSPS) is 15.5. The molecule has 1 heterocycles. The topological polar surface area (TPSA) is 0 Å². The standard InChI is InChI=1S/C35H36S/c1-17-19(3)25(9)33-31(21(17)5)23(7)24(8)32-22(6)18(2)20(4)26(10)34(32)35(33)15-13-27-28-14-16-36-30(28)12-11-29(27)35/h11-16H,1-10H3. The summed E-state index contributed by atoms with van der Waals surface area (Å²) in [4.78, 5) is 0. The summed E-state index contributed by atoms with van der Waals surface area (Å²) in [5, 5.41) is 3.62. The van der Waals surface area contributed by atoms with Crippen molar-refractivity contribution in [3.63, 3.8) is 0 Å². The monoisotopic (exact) mass is 488 g/mol. The first-order valence-corrected chi connectivity index (χ1v) is 14.0. The van der Waals surface area contributed by atoms with Crippen molar-refractivity contribution in [1.29, 1.82) is 0 Å². The van der Waals surface area contributed by atoms with Gasteiger partial charge in [0.15, 0.2) is 0 Å². The molecule has 0 aliphatic heterocycles. The molecule has 0 N–H and O–H groups in total. The van der Waals surface area contributed by atoms with E-state index in [0.29, 0.717) is 0 Å². The number of benzene rings is 3. The fourth-order valence-corrected chi connectivity index (χ4v) is 8.17. The Bertz CT molecular complexity index is 1630. The molecule has 0 nitrogen and oxygen atoms in total. The third kappa shape index (κ3) is 2.60. The van der Waals surface area contributed by atoms with Crippen molar-refractivity contribution in [2.45, 2.75) is 74.7 Å². The highest BCUT2D eigenvalue weighted by Crippen LogP contribution is 2.58. The van der Waals surface area contributed by atoms with Gasteiger partial charge in [0.1, 0.15) is 0 Å². The van der Waals surface area contributed by atoms with Crippen LogP contribution in [0.2, 0.25) is 0 Å². The molecule has 0 unspecified atom stereocenters. The maximum absolute atomic E-state index is 2.56. The number of thiophene rings is 1. The summed E-state index contributed by atoms with van der Waals surface area (Å²) in [6.07, 6.45) is 4.99. The van der Waals surface area contributed by atoms with Crippen molar-refractivity contribution in [1.82, 2.24) is 0 Å². The molecule has 182 valence electrons. The van der Waals surface area contributed by atoms with Gasteiger partial charge in [-0.25, -0.2) is 0 Å². The average Bonchev–Trinajstić information content (AvgIpc) is 3.48.